The predicted octanol–water partition coefficient (Wildman–Crippen LogP) is 1.67. The molecular formula is C12H11N5O. The summed E-state index contributed by atoms with van der Waals surface area (Å²) in [6, 6.07) is 7.02. The van der Waals surface area contributed by atoms with Crippen molar-refractivity contribution in [1.29, 1.82) is 0 Å². The normalized spacial score (nSPS) is 10.7. The SMILES string of the molecule is Oc1ccc(CNc2ncnc3nc[nH]c23)cc1. The van der Waals surface area contributed by atoms with Gasteiger partial charge in [0.2, 0.25) is 0 Å². The fraction of sp³-hybridized carbons (Fsp3) is 0.0833. The van der Waals surface area contributed by atoms with Crippen molar-refractivity contribution in [1.82, 2.24) is 19.9 Å². The second kappa shape index (κ2) is 4.33. The van der Waals surface area contributed by atoms with E-state index in [9.17, 15) is 5.11 Å². The van der Waals surface area contributed by atoms with E-state index in [1.165, 1.54) is 6.33 Å². The maximum atomic E-state index is 9.20. The van der Waals surface area contributed by atoms with E-state index in [4.69, 9.17) is 0 Å². The minimum Gasteiger partial charge on any atom is -0.508 e. The highest BCUT2D eigenvalue weighted by Gasteiger charge is 2.04. The number of hydrogen-bond acceptors (Lipinski definition) is 5. The molecule has 0 aliphatic carbocycles. The average Bonchev–Trinajstić information content (AvgIpc) is 2.87. The summed E-state index contributed by atoms with van der Waals surface area (Å²) in [4.78, 5) is 15.3. The molecule has 0 amide bonds. The topological polar surface area (TPSA) is 86.7 Å². The Morgan fingerprint density at radius 1 is 1.11 bits per heavy atom. The number of imidazole rings is 1. The molecule has 0 aliphatic heterocycles. The van der Waals surface area contributed by atoms with Crippen molar-refractivity contribution in [2.75, 3.05) is 5.32 Å². The fourth-order valence-corrected chi connectivity index (χ4v) is 1.70. The number of rotatable bonds is 3. The Morgan fingerprint density at radius 3 is 2.78 bits per heavy atom. The summed E-state index contributed by atoms with van der Waals surface area (Å²) in [5.74, 6) is 0.974. The quantitative estimate of drug-likeness (QED) is 0.649. The van der Waals surface area contributed by atoms with Gasteiger partial charge in [-0.05, 0) is 17.7 Å². The van der Waals surface area contributed by atoms with E-state index < -0.39 is 0 Å². The van der Waals surface area contributed by atoms with E-state index in [0.29, 0.717) is 18.0 Å². The summed E-state index contributed by atoms with van der Waals surface area (Å²) in [5, 5.41) is 12.4. The number of phenols is 1. The third-order valence-electron chi connectivity index (χ3n) is 2.62. The summed E-state index contributed by atoms with van der Waals surface area (Å²) in [6.07, 6.45) is 3.06. The number of phenolic OH excluding ortho intramolecular Hbond substituents is 1. The molecule has 6 heteroatoms. The largest absolute Gasteiger partial charge is 0.508 e. The number of aromatic nitrogens is 4. The summed E-state index contributed by atoms with van der Waals surface area (Å²) in [5.41, 5.74) is 2.48. The summed E-state index contributed by atoms with van der Waals surface area (Å²) in [7, 11) is 0. The zero-order chi connectivity index (χ0) is 12.4. The molecule has 0 atom stereocenters. The summed E-state index contributed by atoms with van der Waals surface area (Å²) >= 11 is 0. The van der Waals surface area contributed by atoms with Gasteiger partial charge >= 0.3 is 0 Å². The van der Waals surface area contributed by atoms with Crippen LogP contribution in [0.4, 0.5) is 5.82 Å². The van der Waals surface area contributed by atoms with Gasteiger partial charge in [0.25, 0.3) is 0 Å². The Balaban J connectivity index is 1.80. The molecule has 3 aromatic rings. The molecule has 3 rings (SSSR count). The van der Waals surface area contributed by atoms with Crippen molar-refractivity contribution in [2.45, 2.75) is 6.54 Å². The molecule has 0 unspecified atom stereocenters. The van der Waals surface area contributed by atoms with Crippen molar-refractivity contribution in [3.05, 3.63) is 42.5 Å². The molecule has 1 aromatic carbocycles. The maximum absolute atomic E-state index is 9.20. The average molecular weight is 241 g/mol. The molecule has 0 spiro atoms. The fourth-order valence-electron chi connectivity index (χ4n) is 1.70. The Morgan fingerprint density at radius 2 is 1.94 bits per heavy atom. The number of H-pyrrole nitrogens is 1. The van der Waals surface area contributed by atoms with Crippen LogP contribution < -0.4 is 5.32 Å². The van der Waals surface area contributed by atoms with E-state index >= 15 is 0 Å². The molecule has 0 saturated heterocycles. The number of hydrogen-bond donors (Lipinski definition) is 3. The lowest BCUT2D eigenvalue weighted by Crippen LogP contribution is -2.02. The van der Waals surface area contributed by atoms with E-state index in [2.05, 4.69) is 25.3 Å². The number of aromatic hydroxyl groups is 1. The van der Waals surface area contributed by atoms with Gasteiger partial charge in [0.05, 0.1) is 6.33 Å². The van der Waals surface area contributed by atoms with Crippen LogP contribution in [-0.2, 0) is 6.54 Å². The molecule has 0 bridgehead atoms. The Labute approximate surface area is 103 Å². The molecular weight excluding hydrogens is 230 g/mol. The molecule has 6 nitrogen and oxygen atoms in total. The minimum absolute atomic E-state index is 0.261. The van der Waals surface area contributed by atoms with Gasteiger partial charge in [-0.15, -0.1) is 0 Å². The van der Waals surface area contributed by atoms with Gasteiger partial charge in [0, 0.05) is 6.54 Å². The van der Waals surface area contributed by atoms with Crippen molar-refractivity contribution >= 4 is 17.0 Å². The lowest BCUT2D eigenvalue weighted by atomic mass is 10.2. The van der Waals surface area contributed by atoms with Crippen molar-refractivity contribution < 1.29 is 5.11 Å². The number of aromatic amines is 1. The van der Waals surface area contributed by atoms with Crippen molar-refractivity contribution in [3.8, 4) is 5.75 Å². The maximum Gasteiger partial charge on any atom is 0.182 e. The Kier molecular flexibility index (Phi) is 2.53. The molecule has 0 fully saturated rings. The Hall–Kier alpha value is -2.63. The molecule has 18 heavy (non-hydrogen) atoms. The van der Waals surface area contributed by atoms with Crippen LogP contribution in [0.2, 0.25) is 0 Å². The van der Waals surface area contributed by atoms with Gasteiger partial charge in [-0.3, -0.25) is 0 Å². The summed E-state index contributed by atoms with van der Waals surface area (Å²) in [6.45, 7) is 0.616. The number of nitrogens with one attached hydrogen (secondary N) is 2. The zero-order valence-electron chi connectivity index (χ0n) is 9.46. The first-order chi connectivity index (χ1) is 8.83. The predicted molar refractivity (Wildman–Crippen MR) is 67.1 cm³/mol. The molecule has 3 N–H and O–H groups in total. The van der Waals surface area contributed by atoms with Gasteiger partial charge in [-0.1, -0.05) is 12.1 Å². The van der Waals surface area contributed by atoms with Gasteiger partial charge in [-0.2, -0.15) is 0 Å². The lowest BCUT2D eigenvalue weighted by Gasteiger charge is -2.06. The molecule has 0 radical (unpaired) electrons. The number of anilines is 1. The number of nitrogens with zero attached hydrogens (tertiary/aromatic N) is 3. The van der Waals surface area contributed by atoms with E-state index in [-0.39, 0.29) is 5.75 Å². The number of benzene rings is 1. The van der Waals surface area contributed by atoms with E-state index in [1.807, 2.05) is 12.1 Å². The smallest absolute Gasteiger partial charge is 0.182 e. The van der Waals surface area contributed by atoms with Gasteiger partial charge in [-0.25, -0.2) is 15.0 Å². The van der Waals surface area contributed by atoms with E-state index in [0.717, 1.165) is 11.1 Å². The third kappa shape index (κ3) is 1.95. The van der Waals surface area contributed by atoms with Crippen LogP contribution >= 0.6 is 0 Å². The van der Waals surface area contributed by atoms with E-state index in [1.54, 1.807) is 18.5 Å². The van der Waals surface area contributed by atoms with Crippen LogP contribution in [0.1, 0.15) is 5.56 Å². The van der Waals surface area contributed by atoms with Crippen molar-refractivity contribution in [3.63, 3.8) is 0 Å². The van der Waals surface area contributed by atoms with Crippen LogP contribution in [0.25, 0.3) is 11.2 Å². The second-order valence-electron chi connectivity index (χ2n) is 3.84. The lowest BCUT2D eigenvalue weighted by molar-refractivity contribution is 0.475. The molecule has 0 saturated carbocycles. The van der Waals surface area contributed by atoms with Crippen LogP contribution in [0.3, 0.4) is 0 Å². The van der Waals surface area contributed by atoms with Gasteiger partial charge < -0.3 is 15.4 Å². The molecule has 2 heterocycles. The monoisotopic (exact) mass is 241 g/mol. The van der Waals surface area contributed by atoms with Crippen molar-refractivity contribution in [2.24, 2.45) is 0 Å². The summed E-state index contributed by atoms with van der Waals surface area (Å²) < 4.78 is 0. The highest BCUT2D eigenvalue weighted by atomic mass is 16.3. The first kappa shape index (κ1) is 10.5. The first-order valence-corrected chi connectivity index (χ1v) is 5.49. The van der Waals surface area contributed by atoms with Gasteiger partial charge in [0.15, 0.2) is 11.5 Å². The second-order valence-corrected chi connectivity index (χ2v) is 3.84. The van der Waals surface area contributed by atoms with Gasteiger partial charge in [0.1, 0.15) is 17.6 Å². The van der Waals surface area contributed by atoms with Crippen LogP contribution in [0.5, 0.6) is 5.75 Å². The number of fused-ring (bicyclic) bond motifs is 1. The Bertz CT molecular complexity index is 662. The standard InChI is InChI=1S/C12H11N5O/c18-9-3-1-8(2-4-9)5-13-11-10-12(15-6-14-10)17-7-16-11/h1-4,6-7,18H,5H2,(H2,13,14,15,16,17). The van der Waals surface area contributed by atoms with Crippen LogP contribution in [-0.4, -0.2) is 25.0 Å². The van der Waals surface area contributed by atoms with Crippen LogP contribution in [0.15, 0.2) is 36.9 Å². The highest BCUT2D eigenvalue weighted by Crippen LogP contribution is 2.16. The molecule has 90 valence electrons. The minimum atomic E-state index is 0.261. The van der Waals surface area contributed by atoms with Crippen LogP contribution in [0, 0.1) is 0 Å². The zero-order valence-corrected chi connectivity index (χ0v) is 9.46. The molecule has 0 aliphatic rings. The molecule has 2 aromatic heterocycles. The third-order valence-corrected chi connectivity index (χ3v) is 2.62. The first-order valence-electron chi connectivity index (χ1n) is 5.49. The highest BCUT2D eigenvalue weighted by molar-refractivity contribution is 5.81.